The van der Waals surface area contributed by atoms with Crippen LogP contribution < -0.4 is 10.1 Å². The zero-order valence-electron chi connectivity index (χ0n) is 11.5. The first kappa shape index (κ1) is 13.0. The molecular formula is C17H18FNO. The standard InChI is InChI=1S/C17H18FNO/c1-20-16-4-2-3-15(11-16)19-17(12-5-6-12)13-7-9-14(18)10-8-13/h2-4,7-12,17,19H,5-6H2,1H3. The minimum atomic E-state index is -0.190. The number of halogens is 1. The lowest BCUT2D eigenvalue weighted by atomic mass is 10.0. The Bertz CT molecular complexity index is 578. The number of ether oxygens (including phenoxy) is 1. The zero-order chi connectivity index (χ0) is 13.9. The molecule has 1 aliphatic carbocycles. The van der Waals surface area contributed by atoms with Gasteiger partial charge in [0.2, 0.25) is 0 Å². The maximum atomic E-state index is 13.1. The number of hydrogen-bond donors (Lipinski definition) is 1. The molecule has 2 nitrogen and oxygen atoms in total. The topological polar surface area (TPSA) is 21.3 Å². The van der Waals surface area contributed by atoms with Crippen molar-refractivity contribution < 1.29 is 9.13 Å². The Morgan fingerprint density at radius 3 is 2.55 bits per heavy atom. The van der Waals surface area contributed by atoms with Crippen molar-refractivity contribution in [3.8, 4) is 5.75 Å². The normalized spacial score (nSPS) is 15.7. The van der Waals surface area contributed by atoms with Gasteiger partial charge in [-0.25, -0.2) is 4.39 Å². The Balaban J connectivity index is 1.82. The molecule has 0 saturated heterocycles. The third-order valence-corrected chi connectivity index (χ3v) is 3.71. The van der Waals surface area contributed by atoms with Gasteiger partial charge in [0.25, 0.3) is 0 Å². The van der Waals surface area contributed by atoms with Crippen LogP contribution in [-0.2, 0) is 0 Å². The predicted octanol–water partition coefficient (Wildman–Crippen LogP) is 4.40. The summed E-state index contributed by atoms with van der Waals surface area (Å²) < 4.78 is 18.3. The van der Waals surface area contributed by atoms with E-state index in [2.05, 4.69) is 5.32 Å². The molecule has 2 aromatic rings. The largest absolute Gasteiger partial charge is 0.497 e. The van der Waals surface area contributed by atoms with E-state index in [-0.39, 0.29) is 11.9 Å². The van der Waals surface area contributed by atoms with Gasteiger partial charge in [0.1, 0.15) is 11.6 Å². The second-order valence-corrected chi connectivity index (χ2v) is 5.24. The van der Waals surface area contributed by atoms with E-state index in [9.17, 15) is 4.39 Å². The first-order valence-corrected chi connectivity index (χ1v) is 6.92. The molecule has 1 saturated carbocycles. The average Bonchev–Trinajstić information content (AvgIpc) is 3.31. The number of nitrogens with one attached hydrogen (secondary N) is 1. The van der Waals surface area contributed by atoms with E-state index in [1.165, 1.54) is 25.0 Å². The molecule has 1 fully saturated rings. The molecule has 0 aliphatic heterocycles. The van der Waals surface area contributed by atoms with E-state index in [1.807, 2.05) is 36.4 Å². The molecule has 0 radical (unpaired) electrons. The highest BCUT2D eigenvalue weighted by Crippen LogP contribution is 2.43. The van der Waals surface area contributed by atoms with E-state index in [0.29, 0.717) is 5.92 Å². The summed E-state index contributed by atoms with van der Waals surface area (Å²) in [5, 5.41) is 3.55. The van der Waals surface area contributed by atoms with Crippen molar-refractivity contribution in [2.75, 3.05) is 12.4 Å². The molecule has 20 heavy (non-hydrogen) atoms. The zero-order valence-corrected chi connectivity index (χ0v) is 11.5. The first-order chi connectivity index (χ1) is 9.76. The minimum absolute atomic E-state index is 0.190. The summed E-state index contributed by atoms with van der Waals surface area (Å²) in [4.78, 5) is 0. The van der Waals surface area contributed by atoms with E-state index in [0.717, 1.165) is 17.0 Å². The fourth-order valence-corrected chi connectivity index (χ4v) is 2.47. The van der Waals surface area contributed by atoms with Crippen LogP contribution in [0.5, 0.6) is 5.75 Å². The molecule has 0 aromatic heterocycles. The Kier molecular flexibility index (Phi) is 3.59. The quantitative estimate of drug-likeness (QED) is 0.870. The van der Waals surface area contributed by atoms with Crippen LogP contribution >= 0.6 is 0 Å². The summed E-state index contributed by atoms with van der Waals surface area (Å²) in [6, 6.07) is 14.9. The summed E-state index contributed by atoms with van der Waals surface area (Å²) in [6.45, 7) is 0. The molecule has 104 valence electrons. The Morgan fingerprint density at radius 1 is 1.15 bits per heavy atom. The molecule has 1 N–H and O–H groups in total. The molecular weight excluding hydrogens is 253 g/mol. The van der Waals surface area contributed by atoms with Gasteiger partial charge in [0.05, 0.1) is 13.2 Å². The third kappa shape index (κ3) is 2.93. The van der Waals surface area contributed by atoms with Crippen LogP contribution in [0.2, 0.25) is 0 Å². The van der Waals surface area contributed by atoms with E-state index in [4.69, 9.17) is 4.74 Å². The van der Waals surface area contributed by atoms with Gasteiger partial charge in [-0.2, -0.15) is 0 Å². The van der Waals surface area contributed by atoms with Crippen molar-refractivity contribution in [1.29, 1.82) is 0 Å². The smallest absolute Gasteiger partial charge is 0.123 e. The highest BCUT2D eigenvalue weighted by molar-refractivity contribution is 5.50. The molecule has 0 spiro atoms. The van der Waals surface area contributed by atoms with Crippen LogP contribution in [0.3, 0.4) is 0 Å². The Hall–Kier alpha value is -2.03. The van der Waals surface area contributed by atoms with Gasteiger partial charge < -0.3 is 10.1 Å². The molecule has 0 bridgehead atoms. The van der Waals surface area contributed by atoms with Crippen LogP contribution in [0.25, 0.3) is 0 Å². The predicted molar refractivity (Wildman–Crippen MR) is 78.5 cm³/mol. The number of anilines is 1. The van der Waals surface area contributed by atoms with Gasteiger partial charge in [-0.15, -0.1) is 0 Å². The molecule has 3 heteroatoms. The van der Waals surface area contributed by atoms with E-state index < -0.39 is 0 Å². The Labute approximate surface area is 118 Å². The summed E-state index contributed by atoms with van der Waals surface area (Å²) in [6.07, 6.45) is 2.44. The van der Waals surface area contributed by atoms with Crippen molar-refractivity contribution in [1.82, 2.24) is 0 Å². The number of rotatable bonds is 5. The lowest BCUT2D eigenvalue weighted by Crippen LogP contribution is -2.13. The molecule has 0 amide bonds. The lowest BCUT2D eigenvalue weighted by molar-refractivity contribution is 0.415. The molecule has 1 atom stereocenters. The number of benzene rings is 2. The molecule has 1 unspecified atom stereocenters. The Morgan fingerprint density at radius 2 is 1.90 bits per heavy atom. The highest BCUT2D eigenvalue weighted by atomic mass is 19.1. The van der Waals surface area contributed by atoms with Crippen LogP contribution in [-0.4, -0.2) is 7.11 Å². The van der Waals surface area contributed by atoms with Crippen LogP contribution in [0, 0.1) is 11.7 Å². The molecule has 0 heterocycles. The lowest BCUT2D eigenvalue weighted by Gasteiger charge is -2.20. The van der Waals surface area contributed by atoms with Crippen molar-refractivity contribution in [3.63, 3.8) is 0 Å². The van der Waals surface area contributed by atoms with Crippen LogP contribution in [0.4, 0.5) is 10.1 Å². The fourth-order valence-electron chi connectivity index (χ4n) is 2.47. The van der Waals surface area contributed by atoms with Crippen molar-refractivity contribution in [2.24, 2.45) is 5.92 Å². The van der Waals surface area contributed by atoms with Gasteiger partial charge in [0, 0.05) is 11.8 Å². The van der Waals surface area contributed by atoms with Gasteiger partial charge in [-0.1, -0.05) is 18.2 Å². The molecule has 1 aliphatic rings. The van der Waals surface area contributed by atoms with Crippen molar-refractivity contribution in [2.45, 2.75) is 18.9 Å². The second-order valence-electron chi connectivity index (χ2n) is 5.24. The number of hydrogen-bond acceptors (Lipinski definition) is 2. The minimum Gasteiger partial charge on any atom is -0.497 e. The maximum absolute atomic E-state index is 13.1. The molecule has 2 aromatic carbocycles. The van der Waals surface area contributed by atoms with E-state index >= 15 is 0 Å². The van der Waals surface area contributed by atoms with Crippen LogP contribution in [0.15, 0.2) is 48.5 Å². The van der Waals surface area contributed by atoms with Gasteiger partial charge in [-0.3, -0.25) is 0 Å². The summed E-state index contributed by atoms with van der Waals surface area (Å²) >= 11 is 0. The maximum Gasteiger partial charge on any atom is 0.123 e. The van der Waals surface area contributed by atoms with Crippen molar-refractivity contribution in [3.05, 3.63) is 59.9 Å². The molecule has 3 rings (SSSR count). The SMILES string of the molecule is COc1cccc(NC(c2ccc(F)cc2)C2CC2)c1. The summed E-state index contributed by atoms with van der Waals surface area (Å²) in [7, 11) is 1.66. The third-order valence-electron chi connectivity index (χ3n) is 3.71. The summed E-state index contributed by atoms with van der Waals surface area (Å²) in [5.74, 6) is 1.28. The van der Waals surface area contributed by atoms with Gasteiger partial charge in [0.15, 0.2) is 0 Å². The monoisotopic (exact) mass is 271 g/mol. The highest BCUT2D eigenvalue weighted by Gasteiger charge is 2.32. The van der Waals surface area contributed by atoms with E-state index in [1.54, 1.807) is 7.11 Å². The van der Waals surface area contributed by atoms with Gasteiger partial charge >= 0.3 is 0 Å². The fraction of sp³-hybridized carbons (Fsp3) is 0.294. The van der Waals surface area contributed by atoms with Crippen LogP contribution in [0.1, 0.15) is 24.4 Å². The first-order valence-electron chi connectivity index (χ1n) is 6.92. The average molecular weight is 271 g/mol. The number of methoxy groups -OCH3 is 1. The summed E-state index contributed by atoms with van der Waals surface area (Å²) in [5.41, 5.74) is 2.17. The second kappa shape index (κ2) is 5.53. The van der Waals surface area contributed by atoms with Gasteiger partial charge in [-0.05, 0) is 48.6 Å². The van der Waals surface area contributed by atoms with Crippen molar-refractivity contribution >= 4 is 5.69 Å².